The first kappa shape index (κ1) is 24.3. The summed E-state index contributed by atoms with van der Waals surface area (Å²) in [6.45, 7) is 1.48. The third-order valence-electron chi connectivity index (χ3n) is 6.69. The van der Waals surface area contributed by atoms with E-state index in [2.05, 4.69) is 5.32 Å². The molecule has 0 aliphatic carbocycles. The Kier molecular flexibility index (Phi) is 7.03. The smallest absolute Gasteiger partial charge is 0.256 e. The van der Waals surface area contributed by atoms with E-state index in [9.17, 15) is 9.59 Å². The molecule has 1 fully saturated rings. The molecule has 1 aliphatic rings. The van der Waals surface area contributed by atoms with E-state index in [4.69, 9.17) is 14.5 Å². The lowest BCUT2D eigenvalue weighted by Gasteiger charge is -2.27. The van der Waals surface area contributed by atoms with Crippen molar-refractivity contribution in [3.8, 4) is 22.8 Å². The molecule has 0 unspecified atom stereocenters. The molecule has 1 aromatic heterocycles. The maximum Gasteiger partial charge on any atom is 0.256 e. The summed E-state index contributed by atoms with van der Waals surface area (Å²) in [4.78, 5) is 33.6. The van der Waals surface area contributed by atoms with Crippen molar-refractivity contribution in [2.75, 3.05) is 32.6 Å². The van der Waals surface area contributed by atoms with E-state index >= 15 is 0 Å². The van der Waals surface area contributed by atoms with Gasteiger partial charge in [0.2, 0.25) is 0 Å². The Morgan fingerprint density at radius 3 is 2.32 bits per heavy atom. The summed E-state index contributed by atoms with van der Waals surface area (Å²) in [5, 5.41) is 3.73. The molecule has 7 nitrogen and oxygen atoms in total. The Labute approximate surface area is 216 Å². The summed E-state index contributed by atoms with van der Waals surface area (Å²) in [5.41, 5.74) is 3.57. The van der Waals surface area contributed by atoms with E-state index < -0.39 is 0 Å². The molecule has 5 rings (SSSR count). The molecule has 7 heteroatoms. The number of nitrogens with one attached hydrogen (secondary N) is 1. The van der Waals surface area contributed by atoms with Crippen molar-refractivity contribution in [2.45, 2.75) is 19.3 Å². The number of para-hydroxylation sites is 2. The molecule has 2 amide bonds. The van der Waals surface area contributed by atoms with Crippen molar-refractivity contribution in [3.05, 3.63) is 83.9 Å². The molecule has 3 aromatic carbocycles. The minimum atomic E-state index is -0.306. The highest BCUT2D eigenvalue weighted by Crippen LogP contribution is 2.33. The number of ether oxygens (including phenoxy) is 2. The summed E-state index contributed by atoms with van der Waals surface area (Å²) >= 11 is 0. The van der Waals surface area contributed by atoms with Gasteiger partial charge in [-0.05, 0) is 61.7 Å². The number of anilines is 1. The summed E-state index contributed by atoms with van der Waals surface area (Å²) in [7, 11) is 3.17. The van der Waals surface area contributed by atoms with Gasteiger partial charge in [0.05, 0.1) is 42.2 Å². The summed E-state index contributed by atoms with van der Waals surface area (Å²) in [6, 6.07) is 22.0. The van der Waals surface area contributed by atoms with Crippen molar-refractivity contribution >= 4 is 28.4 Å². The van der Waals surface area contributed by atoms with E-state index in [-0.39, 0.29) is 11.8 Å². The Bertz CT molecular complexity index is 1460. The number of nitrogens with zero attached hydrogens (tertiary/aromatic N) is 2. The fourth-order valence-corrected chi connectivity index (χ4v) is 4.74. The zero-order valence-corrected chi connectivity index (χ0v) is 21.0. The summed E-state index contributed by atoms with van der Waals surface area (Å²) in [6.07, 6.45) is 3.14. The van der Waals surface area contributed by atoms with Crippen molar-refractivity contribution in [2.24, 2.45) is 0 Å². The van der Waals surface area contributed by atoms with Gasteiger partial charge in [-0.1, -0.05) is 30.3 Å². The van der Waals surface area contributed by atoms with Crippen LogP contribution in [0.4, 0.5) is 5.69 Å². The quantitative estimate of drug-likeness (QED) is 0.366. The number of pyridine rings is 1. The first-order valence-electron chi connectivity index (χ1n) is 12.4. The highest BCUT2D eigenvalue weighted by molar-refractivity contribution is 6.15. The third-order valence-corrected chi connectivity index (χ3v) is 6.69. The average molecular weight is 496 g/mol. The van der Waals surface area contributed by atoms with Crippen LogP contribution in [0.15, 0.2) is 72.8 Å². The second-order valence-electron chi connectivity index (χ2n) is 8.99. The molecule has 0 atom stereocenters. The maximum absolute atomic E-state index is 13.7. The van der Waals surface area contributed by atoms with Gasteiger partial charge in [-0.25, -0.2) is 4.98 Å². The van der Waals surface area contributed by atoms with Gasteiger partial charge in [0.15, 0.2) is 11.5 Å². The third kappa shape index (κ3) is 4.98. The van der Waals surface area contributed by atoms with Gasteiger partial charge in [0.1, 0.15) is 0 Å². The molecule has 0 bridgehead atoms. The lowest BCUT2D eigenvalue weighted by atomic mass is 10.0. The van der Waals surface area contributed by atoms with Gasteiger partial charge in [0.25, 0.3) is 11.8 Å². The van der Waals surface area contributed by atoms with Gasteiger partial charge >= 0.3 is 0 Å². The zero-order valence-electron chi connectivity index (χ0n) is 21.0. The van der Waals surface area contributed by atoms with E-state index in [0.717, 1.165) is 43.3 Å². The van der Waals surface area contributed by atoms with Gasteiger partial charge < -0.3 is 19.7 Å². The highest BCUT2D eigenvalue weighted by Gasteiger charge is 2.22. The number of carbonyl (C=O) groups is 2. The van der Waals surface area contributed by atoms with E-state index in [1.807, 2.05) is 59.5 Å². The van der Waals surface area contributed by atoms with E-state index in [1.54, 1.807) is 32.4 Å². The fourth-order valence-electron chi connectivity index (χ4n) is 4.74. The van der Waals surface area contributed by atoms with Crippen LogP contribution < -0.4 is 14.8 Å². The Morgan fingerprint density at radius 2 is 1.54 bits per heavy atom. The van der Waals surface area contributed by atoms with Crippen molar-refractivity contribution in [1.29, 1.82) is 0 Å². The monoisotopic (exact) mass is 495 g/mol. The Morgan fingerprint density at radius 1 is 0.811 bits per heavy atom. The predicted octanol–water partition coefficient (Wildman–Crippen LogP) is 5.80. The molecule has 0 saturated carbocycles. The SMILES string of the molecule is COc1ccc(-c2cc(C(=O)Nc3ccccc3C(=O)N3CCCCC3)c3ccccc3n2)cc1OC. The van der Waals surface area contributed by atoms with E-state index in [0.29, 0.717) is 39.5 Å². The zero-order chi connectivity index (χ0) is 25.8. The minimum Gasteiger partial charge on any atom is -0.493 e. The van der Waals surface area contributed by atoms with Crippen molar-refractivity contribution in [1.82, 2.24) is 9.88 Å². The van der Waals surface area contributed by atoms with Gasteiger partial charge in [-0.15, -0.1) is 0 Å². The van der Waals surface area contributed by atoms with Crippen LogP contribution in [0.1, 0.15) is 40.0 Å². The molecule has 1 N–H and O–H groups in total. The number of carbonyl (C=O) groups excluding carboxylic acids is 2. The molecule has 188 valence electrons. The number of likely N-dealkylation sites (tertiary alicyclic amines) is 1. The average Bonchev–Trinajstić information content (AvgIpc) is 2.96. The van der Waals surface area contributed by atoms with E-state index in [1.165, 1.54) is 0 Å². The van der Waals surface area contributed by atoms with Crippen LogP contribution >= 0.6 is 0 Å². The normalized spacial score (nSPS) is 13.3. The van der Waals surface area contributed by atoms with Crippen LogP contribution in [0.5, 0.6) is 11.5 Å². The number of hydrogen-bond acceptors (Lipinski definition) is 5. The van der Waals surface area contributed by atoms with Crippen LogP contribution in [0, 0.1) is 0 Å². The lowest BCUT2D eigenvalue weighted by Crippen LogP contribution is -2.36. The van der Waals surface area contributed by atoms with Crippen LogP contribution in [0.25, 0.3) is 22.2 Å². The largest absolute Gasteiger partial charge is 0.493 e. The second kappa shape index (κ2) is 10.7. The Hall–Kier alpha value is -4.39. The van der Waals surface area contributed by atoms with Crippen LogP contribution in [-0.4, -0.2) is 49.0 Å². The number of amides is 2. The van der Waals surface area contributed by atoms with Crippen molar-refractivity contribution in [3.63, 3.8) is 0 Å². The predicted molar refractivity (Wildman–Crippen MR) is 144 cm³/mol. The number of methoxy groups -OCH3 is 2. The summed E-state index contributed by atoms with van der Waals surface area (Å²) in [5.74, 6) is 0.825. The Balaban J connectivity index is 1.52. The number of piperidine rings is 1. The second-order valence-corrected chi connectivity index (χ2v) is 8.99. The van der Waals surface area contributed by atoms with Gasteiger partial charge in [-0.2, -0.15) is 0 Å². The van der Waals surface area contributed by atoms with Crippen LogP contribution in [-0.2, 0) is 0 Å². The molecule has 1 saturated heterocycles. The molecule has 0 spiro atoms. The molecule has 37 heavy (non-hydrogen) atoms. The minimum absolute atomic E-state index is 0.0544. The number of hydrogen-bond donors (Lipinski definition) is 1. The highest BCUT2D eigenvalue weighted by atomic mass is 16.5. The maximum atomic E-state index is 13.7. The standard InChI is InChI=1S/C30H29N3O4/c1-36-27-15-14-20(18-28(27)37-2)26-19-23(21-10-4-6-12-24(21)31-26)29(34)32-25-13-7-5-11-22(25)30(35)33-16-8-3-9-17-33/h4-7,10-15,18-19H,3,8-9,16-17H2,1-2H3,(H,32,34). The number of fused-ring (bicyclic) bond motifs is 1. The number of benzene rings is 3. The first-order chi connectivity index (χ1) is 18.1. The lowest BCUT2D eigenvalue weighted by molar-refractivity contribution is 0.0725. The molecule has 2 heterocycles. The topological polar surface area (TPSA) is 80.8 Å². The number of aromatic nitrogens is 1. The molecule has 4 aromatic rings. The fraction of sp³-hybridized carbons (Fsp3) is 0.233. The molecule has 0 radical (unpaired) electrons. The van der Waals surface area contributed by atoms with Gasteiger partial charge in [0, 0.05) is 24.0 Å². The van der Waals surface area contributed by atoms with Crippen molar-refractivity contribution < 1.29 is 19.1 Å². The summed E-state index contributed by atoms with van der Waals surface area (Å²) < 4.78 is 10.8. The molecule has 1 aliphatic heterocycles. The van der Waals surface area contributed by atoms with Gasteiger partial charge in [-0.3, -0.25) is 9.59 Å². The first-order valence-corrected chi connectivity index (χ1v) is 12.4. The molecular weight excluding hydrogens is 466 g/mol. The van der Waals surface area contributed by atoms with Crippen LogP contribution in [0.2, 0.25) is 0 Å². The molecular formula is C30H29N3O4. The van der Waals surface area contributed by atoms with Crippen LogP contribution in [0.3, 0.4) is 0 Å². The number of rotatable bonds is 6.